The molecule has 10 heteroatoms. The maximum atomic E-state index is 12.3. The highest BCUT2D eigenvalue weighted by molar-refractivity contribution is 7.99. The summed E-state index contributed by atoms with van der Waals surface area (Å²) in [6.45, 7) is 0. The average molecular weight is 391 g/mol. The van der Waals surface area contributed by atoms with Gasteiger partial charge in [-0.05, 0) is 12.8 Å². The van der Waals surface area contributed by atoms with Gasteiger partial charge in [-0.3, -0.25) is 14.4 Å². The van der Waals surface area contributed by atoms with Gasteiger partial charge in [0.15, 0.2) is 5.16 Å². The SMILES string of the molecule is COC(=O)Cc1cc(=O)[nH]c(SCC(=O)Nc2ccnn2C2CCCC2)n1. The van der Waals surface area contributed by atoms with Crippen LogP contribution in [0.25, 0.3) is 0 Å². The van der Waals surface area contributed by atoms with Crippen LogP contribution in [0.15, 0.2) is 28.3 Å². The lowest BCUT2D eigenvalue weighted by Gasteiger charge is -2.14. The minimum atomic E-state index is -0.484. The quantitative estimate of drug-likeness (QED) is 0.417. The minimum absolute atomic E-state index is 0.0699. The van der Waals surface area contributed by atoms with Crippen LogP contribution in [-0.4, -0.2) is 44.5 Å². The molecule has 0 aromatic carbocycles. The molecule has 0 atom stereocenters. The Morgan fingerprint density at radius 3 is 2.93 bits per heavy atom. The number of aromatic amines is 1. The lowest BCUT2D eigenvalue weighted by Crippen LogP contribution is -2.20. The number of carbonyl (C=O) groups excluding carboxylic acids is 2. The number of esters is 1. The van der Waals surface area contributed by atoms with Gasteiger partial charge in [0.2, 0.25) is 5.91 Å². The minimum Gasteiger partial charge on any atom is -0.469 e. The van der Waals surface area contributed by atoms with Gasteiger partial charge in [-0.15, -0.1) is 0 Å². The van der Waals surface area contributed by atoms with Gasteiger partial charge in [0.25, 0.3) is 5.56 Å². The molecule has 0 aliphatic heterocycles. The van der Waals surface area contributed by atoms with Gasteiger partial charge >= 0.3 is 5.97 Å². The van der Waals surface area contributed by atoms with Crippen molar-refractivity contribution in [1.82, 2.24) is 19.7 Å². The Bertz CT molecular complexity index is 872. The summed E-state index contributed by atoms with van der Waals surface area (Å²) in [5.74, 6) is 0.0385. The molecule has 9 nitrogen and oxygen atoms in total. The molecule has 3 rings (SSSR count). The van der Waals surface area contributed by atoms with Crippen LogP contribution in [0.5, 0.6) is 0 Å². The van der Waals surface area contributed by atoms with Crippen LogP contribution in [0, 0.1) is 0 Å². The Labute approximate surface area is 159 Å². The predicted molar refractivity (Wildman–Crippen MR) is 99.7 cm³/mol. The van der Waals surface area contributed by atoms with Crippen molar-refractivity contribution in [2.24, 2.45) is 0 Å². The van der Waals surface area contributed by atoms with E-state index in [9.17, 15) is 14.4 Å². The number of aromatic nitrogens is 4. The number of nitrogens with zero attached hydrogens (tertiary/aromatic N) is 3. The molecule has 0 radical (unpaired) electrons. The normalized spacial score (nSPS) is 14.3. The molecule has 2 aromatic heterocycles. The van der Waals surface area contributed by atoms with E-state index in [1.54, 1.807) is 12.3 Å². The van der Waals surface area contributed by atoms with Gasteiger partial charge in [0.05, 0.1) is 37.2 Å². The lowest BCUT2D eigenvalue weighted by atomic mass is 10.2. The fourth-order valence-corrected chi connectivity index (χ4v) is 3.72. The van der Waals surface area contributed by atoms with Gasteiger partial charge in [0, 0.05) is 12.1 Å². The highest BCUT2D eigenvalue weighted by Gasteiger charge is 2.20. The Kier molecular flexibility index (Phi) is 6.28. The third kappa shape index (κ3) is 5.19. The molecule has 1 amide bonds. The van der Waals surface area contributed by atoms with Crippen molar-refractivity contribution in [2.45, 2.75) is 43.3 Å². The molecule has 1 saturated carbocycles. The van der Waals surface area contributed by atoms with E-state index in [2.05, 4.69) is 25.1 Å². The highest BCUT2D eigenvalue weighted by atomic mass is 32.2. The molecule has 0 unspecified atom stereocenters. The van der Waals surface area contributed by atoms with E-state index < -0.39 is 5.97 Å². The first-order valence-corrected chi connectivity index (χ1v) is 9.67. The van der Waals surface area contributed by atoms with Gasteiger partial charge in [-0.25, -0.2) is 9.67 Å². The van der Waals surface area contributed by atoms with Crippen LogP contribution in [0.2, 0.25) is 0 Å². The monoisotopic (exact) mass is 391 g/mol. The van der Waals surface area contributed by atoms with Crippen molar-refractivity contribution in [3.05, 3.63) is 34.4 Å². The highest BCUT2D eigenvalue weighted by Crippen LogP contribution is 2.31. The average Bonchev–Trinajstić information content (AvgIpc) is 3.30. The van der Waals surface area contributed by atoms with Crippen molar-refractivity contribution < 1.29 is 14.3 Å². The van der Waals surface area contributed by atoms with Crippen LogP contribution < -0.4 is 10.9 Å². The number of anilines is 1. The van der Waals surface area contributed by atoms with E-state index in [1.807, 2.05) is 4.68 Å². The second-order valence-electron chi connectivity index (χ2n) is 6.23. The number of methoxy groups -OCH3 is 1. The number of thioether (sulfide) groups is 1. The maximum absolute atomic E-state index is 12.3. The van der Waals surface area contributed by atoms with E-state index in [1.165, 1.54) is 26.0 Å². The molecular weight excluding hydrogens is 370 g/mol. The number of ether oxygens (including phenoxy) is 1. The predicted octanol–water partition coefficient (Wildman–Crippen LogP) is 1.53. The van der Waals surface area contributed by atoms with Crippen LogP contribution >= 0.6 is 11.8 Å². The molecule has 0 bridgehead atoms. The zero-order valence-corrected chi connectivity index (χ0v) is 15.8. The summed E-state index contributed by atoms with van der Waals surface area (Å²) in [6.07, 6.45) is 6.06. The molecular formula is C17H21N5O4S. The number of hydrogen-bond acceptors (Lipinski definition) is 7. The summed E-state index contributed by atoms with van der Waals surface area (Å²) in [4.78, 5) is 42.0. The van der Waals surface area contributed by atoms with Gasteiger partial charge in [-0.1, -0.05) is 24.6 Å². The molecule has 2 N–H and O–H groups in total. The first kappa shape index (κ1) is 19.2. The smallest absolute Gasteiger partial charge is 0.311 e. The Morgan fingerprint density at radius 1 is 1.41 bits per heavy atom. The number of hydrogen-bond donors (Lipinski definition) is 2. The van der Waals surface area contributed by atoms with Crippen LogP contribution in [0.1, 0.15) is 37.4 Å². The fraction of sp³-hybridized carbons (Fsp3) is 0.471. The molecule has 1 aliphatic carbocycles. The van der Waals surface area contributed by atoms with Crippen molar-refractivity contribution in [2.75, 3.05) is 18.2 Å². The van der Waals surface area contributed by atoms with Crippen LogP contribution in [0.3, 0.4) is 0 Å². The fourth-order valence-electron chi connectivity index (χ4n) is 3.03. The Balaban J connectivity index is 1.59. The number of carbonyl (C=O) groups is 2. The van der Waals surface area contributed by atoms with Crippen molar-refractivity contribution in [3.8, 4) is 0 Å². The first-order valence-electron chi connectivity index (χ1n) is 8.68. The van der Waals surface area contributed by atoms with E-state index >= 15 is 0 Å². The summed E-state index contributed by atoms with van der Waals surface area (Å²) < 4.78 is 6.44. The summed E-state index contributed by atoms with van der Waals surface area (Å²) in [5, 5.41) is 7.45. The second-order valence-corrected chi connectivity index (χ2v) is 7.19. The molecule has 27 heavy (non-hydrogen) atoms. The Hall–Kier alpha value is -2.62. The third-order valence-corrected chi connectivity index (χ3v) is 5.15. The molecule has 1 aliphatic rings. The summed E-state index contributed by atoms with van der Waals surface area (Å²) >= 11 is 1.09. The number of H-pyrrole nitrogens is 1. The second kappa shape index (κ2) is 8.85. The van der Waals surface area contributed by atoms with Gasteiger partial charge in [-0.2, -0.15) is 5.10 Å². The summed E-state index contributed by atoms with van der Waals surface area (Å²) in [5.41, 5.74) is -0.0843. The molecule has 0 saturated heterocycles. The van der Waals surface area contributed by atoms with Crippen molar-refractivity contribution >= 4 is 29.5 Å². The lowest BCUT2D eigenvalue weighted by molar-refractivity contribution is -0.139. The summed E-state index contributed by atoms with van der Waals surface area (Å²) in [7, 11) is 1.27. The molecule has 1 fully saturated rings. The zero-order chi connectivity index (χ0) is 19.2. The third-order valence-electron chi connectivity index (χ3n) is 4.27. The standard InChI is InChI=1S/C17H21N5O4S/c1-26-16(25)9-11-8-14(23)21-17(19-11)27-10-15(24)20-13-6-7-18-22(13)12-4-2-3-5-12/h6-8,12H,2-5,9-10H2,1H3,(H,20,24)(H,19,21,23). The maximum Gasteiger partial charge on any atom is 0.311 e. The number of amides is 1. The zero-order valence-electron chi connectivity index (χ0n) is 14.9. The van der Waals surface area contributed by atoms with E-state index in [-0.39, 0.29) is 28.8 Å². The van der Waals surface area contributed by atoms with Crippen molar-refractivity contribution in [1.29, 1.82) is 0 Å². The largest absolute Gasteiger partial charge is 0.469 e. The van der Waals surface area contributed by atoms with Gasteiger partial charge in [0.1, 0.15) is 5.82 Å². The van der Waals surface area contributed by atoms with Crippen LogP contribution in [0.4, 0.5) is 5.82 Å². The van der Waals surface area contributed by atoms with Gasteiger partial charge < -0.3 is 15.0 Å². The van der Waals surface area contributed by atoms with Crippen LogP contribution in [-0.2, 0) is 20.7 Å². The molecule has 2 heterocycles. The first-order chi connectivity index (χ1) is 13.0. The molecule has 0 spiro atoms. The van der Waals surface area contributed by atoms with E-state index in [0.29, 0.717) is 17.6 Å². The van der Waals surface area contributed by atoms with E-state index in [0.717, 1.165) is 24.6 Å². The Morgan fingerprint density at radius 2 is 2.19 bits per heavy atom. The number of nitrogens with one attached hydrogen (secondary N) is 2. The molecule has 144 valence electrons. The number of rotatable bonds is 7. The summed E-state index contributed by atoms with van der Waals surface area (Å²) in [6, 6.07) is 3.34. The molecule has 2 aromatic rings. The van der Waals surface area contributed by atoms with Crippen molar-refractivity contribution in [3.63, 3.8) is 0 Å². The topological polar surface area (TPSA) is 119 Å². The van der Waals surface area contributed by atoms with E-state index in [4.69, 9.17) is 0 Å².